The molecule has 0 aromatic heterocycles. The predicted molar refractivity (Wildman–Crippen MR) is 291 cm³/mol. The summed E-state index contributed by atoms with van der Waals surface area (Å²) in [6.45, 7) is 0. The molecule has 0 bridgehead atoms. The molecular weight excluding hydrogens is 821 g/mol. The molecule has 0 heterocycles. The van der Waals surface area contributed by atoms with E-state index in [0.29, 0.717) is 0 Å². The molecule has 11 rings (SSSR count). The lowest BCUT2D eigenvalue weighted by atomic mass is 9.83. The van der Waals surface area contributed by atoms with E-state index in [4.69, 9.17) is 0 Å². The van der Waals surface area contributed by atoms with Gasteiger partial charge in [-0.3, -0.25) is 0 Å². The van der Waals surface area contributed by atoms with E-state index in [-0.39, 0.29) is 0 Å². The topological polar surface area (TPSA) is 15.3 Å². The summed E-state index contributed by atoms with van der Waals surface area (Å²) in [4.78, 5) is 2.42. The van der Waals surface area contributed by atoms with Crippen molar-refractivity contribution in [1.29, 1.82) is 0 Å². The lowest BCUT2D eigenvalue weighted by Crippen LogP contribution is -2.18. The van der Waals surface area contributed by atoms with Crippen molar-refractivity contribution in [1.82, 2.24) is 0 Å². The molecule has 9 aromatic carbocycles. The van der Waals surface area contributed by atoms with Crippen LogP contribution < -0.4 is 10.2 Å². The van der Waals surface area contributed by atoms with E-state index in [9.17, 15) is 0 Å². The van der Waals surface area contributed by atoms with Crippen LogP contribution in [-0.2, 0) is 0 Å². The number of rotatable bonds is 10. The van der Waals surface area contributed by atoms with Crippen molar-refractivity contribution in [3.63, 3.8) is 0 Å². The highest BCUT2D eigenvalue weighted by Crippen LogP contribution is 2.40. The standard InChI is InChI=1S/C42H35N.C18H15N.C6H6/c1-4-13-32(14-5-1)34-23-27-39(28-24-34)43(38-19-8-3-9-20-38)40-29-25-35(26-30-40)41-21-10-11-22-42(41)37-18-12-17-36(31-37)33-15-6-2-7-16-33;1-3-7-15(8-4-1)16-11-13-18(14-12-16)19-17-9-5-2-6-10-17;1-2-4-6-5-3-1/h1-9,11-20,22-25,27-29,31H,10,21,26,30H2;1-14,19H;1-6H. The Morgan fingerprint density at radius 1 is 0.324 bits per heavy atom. The van der Waals surface area contributed by atoms with Crippen LogP contribution in [0.5, 0.6) is 0 Å². The SMILES string of the molecule is C1=CC(c2cccc(-c3ccccc3)c2)=C(C2=CC=C(N(c3ccccc3)c3ccc(-c4ccccc4)cc3)CC2)CC1.c1ccc(Nc2ccc(-c3ccccc3)cc2)cc1.c1ccccc1. The minimum Gasteiger partial charge on any atom is -0.356 e. The lowest BCUT2D eigenvalue weighted by molar-refractivity contribution is 0.853. The third-order valence-corrected chi connectivity index (χ3v) is 12.2. The maximum absolute atomic E-state index is 3.38. The van der Waals surface area contributed by atoms with Crippen LogP contribution in [0.25, 0.3) is 39.0 Å². The van der Waals surface area contributed by atoms with Gasteiger partial charge in [-0.1, -0.05) is 224 Å². The van der Waals surface area contributed by atoms with Crippen LogP contribution in [0, 0.1) is 0 Å². The highest BCUT2D eigenvalue weighted by molar-refractivity contribution is 5.83. The molecule has 2 nitrogen and oxygen atoms in total. The van der Waals surface area contributed by atoms with Gasteiger partial charge in [-0.25, -0.2) is 0 Å². The van der Waals surface area contributed by atoms with Crippen LogP contribution in [-0.4, -0.2) is 0 Å². The Labute approximate surface area is 403 Å². The van der Waals surface area contributed by atoms with E-state index in [1.165, 1.54) is 72.7 Å². The maximum Gasteiger partial charge on any atom is 0.0458 e. The molecule has 68 heavy (non-hydrogen) atoms. The van der Waals surface area contributed by atoms with Gasteiger partial charge in [0.25, 0.3) is 0 Å². The van der Waals surface area contributed by atoms with E-state index in [1.807, 2.05) is 60.7 Å². The molecule has 1 N–H and O–H groups in total. The molecule has 0 saturated carbocycles. The van der Waals surface area contributed by atoms with Gasteiger partial charge in [0.2, 0.25) is 0 Å². The van der Waals surface area contributed by atoms with Gasteiger partial charge < -0.3 is 10.2 Å². The fourth-order valence-electron chi connectivity index (χ4n) is 8.77. The van der Waals surface area contributed by atoms with Crippen molar-refractivity contribution < 1.29 is 0 Å². The molecule has 0 saturated heterocycles. The maximum atomic E-state index is 3.38. The van der Waals surface area contributed by atoms with Crippen LogP contribution in [0.4, 0.5) is 22.7 Å². The summed E-state index contributed by atoms with van der Waals surface area (Å²) < 4.78 is 0. The normalized spacial score (nSPS) is 12.8. The summed E-state index contributed by atoms with van der Waals surface area (Å²) in [6, 6.07) is 91.1. The smallest absolute Gasteiger partial charge is 0.0458 e. The van der Waals surface area contributed by atoms with E-state index in [0.717, 1.165) is 37.1 Å². The van der Waals surface area contributed by atoms with Crippen molar-refractivity contribution in [2.45, 2.75) is 25.7 Å². The second-order valence-electron chi connectivity index (χ2n) is 16.8. The van der Waals surface area contributed by atoms with Gasteiger partial charge in [0.1, 0.15) is 0 Å². The quantitative estimate of drug-likeness (QED) is 0.147. The predicted octanol–water partition coefficient (Wildman–Crippen LogP) is 18.4. The molecule has 0 radical (unpaired) electrons. The zero-order valence-corrected chi connectivity index (χ0v) is 38.4. The van der Waals surface area contributed by atoms with Crippen molar-refractivity contribution >= 4 is 28.3 Å². The average Bonchev–Trinajstić information content (AvgIpc) is 3.44. The zero-order valence-electron chi connectivity index (χ0n) is 38.4. The van der Waals surface area contributed by atoms with Crippen molar-refractivity contribution in [3.8, 4) is 33.4 Å². The molecule has 0 spiro atoms. The van der Waals surface area contributed by atoms with Crippen LogP contribution in [0.15, 0.2) is 302 Å². The van der Waals surface area contributed by atoms with Crippen molar-refractivity contribution in [2.24, 2.45) is 0 Å². The van der Waals surface area contributed by atoms with Crippen LogP contribution in [0.3, 0.4) is 0 Å². The Morgan fingerprint density at radius 3 is 1.29 bits per heavy atom. The number of benzene rings is 9. The molecule has 330 valence electrons. The number of hydrogen-bond donors (Lipinski definition) is 1. The molecule has 9 aromatic rings. The van der Waals surface area contributed by atoms with Gasteiger partial charge in [0.15, 0.2) is 0 Å². The number of nitrogens with one attached hydrogen (secondary N) is 1. The summed E-state index contributed by atoms with van der Waals surface area (Å²) in [5.74, 6) is 0. The molecule has 0 unspecified atom stereocenters. The second-order valence-corrected chi connectivity index (χ2v) is 16.8. The highest BCUT2D eigenvalue weighted by Gasteiger charge is 2.21. The minimum absolute atomic E-state index is 0.992. The molecule has 0 atom stereocenters. The van der Waals surface area contributed by atoms with Gasteiger partial charge in [0.05, 0.1) is 0 Å². The van der Waals surface area contributed by atoms with Crippen LogP contribution in [0.2, 0.25) is 0 Å². The zero-order chi connectivity index (χ0) is 46.0. The van der Waals surface area contributed by atoms with Gasteiger partial charge in [-0.05, 0) is 142 Å². The summed E-state index contributed by atoms with van der Waals surface area (Å²) in [7, 11) is 0. The molecule has 0 fully saturated rings. The monoisotopic (exact) mass is 876 g/mol. The summed E-state index contributed by atoms with van der Waals surface area (Å²) in [5, 5.41) is 3.38. The number of allylic oxidation sites excluding steroid dienone is 8. The first-order valence-electron chi connectivity index (χ1n) is 23.7. The lowest BCUT2D eigenvalue weighted by Gasteiger charge is -2.31. The van der Waals surface area contributed by atoms with Gasteiger partial charge in [-0.2, -0.15) is 0 Å². The van der Waals surface area contributed by atoms with E-state index in [1.54, 1.807) is 0 Å². The fourth-order valence-corrected chi connectivity index (χ4v) is 8.77. The largest absolute Gasteiger partial charge is 0.356 e. The average molecular weight is 877 g/mol. The van der Waals surface area contributed by atoms with Gasteiger partial charge in [-0.15, -0.1) is 0 Å². The van der Waals surface area contributed by atoms with Gasteiger partial charge in [0, 0.05) is 28.4 Å². The van der Waals surface area contributed by atoms with Crippen molar-refractivity contribution in [3.05, 3.63) is 308 Å². The second kappa shape index (κ2) is 23.1. The van der Waals surface area contributed by atoms with Crippen molar-refractivity contribution in [2.75, 3.05) is 10.2 Å². The van der Waals surface area contributed by atoms with E-state index < -0.39 is 0 Å². The minimum atomic E-state index is 0.992. The molecule has 2 aliphatic rings. The Balaban J connectivity index is 0.000000189. The molecule has 2 heteroatoms. The highest BCUT2D eigenvalue weighted by atomic mass is 15.1. The summed E-state index contributed by atoms with van der Waals surface area (Å²) in [5.41, 5.74) is 19.0. The first-order chi connectivity index (χ1) is 33.7. The molecule has 2 aliphatic carbocycles. The summed E-state index contributed by atoms with van der Waals surface area (Å²) >= 11 is 0. The number of nitrogens with zero attached hydrogens (tertiary/aromatic N) is 1. The Morgan fingerprint density at radius 2 is 0.750 bits per heavy atom. The van der Waals surface area contributed by atoms with Crippen LogP contribution in [0.1, 0.15) is 31.2 Å². The van der Waals surface area contributed by atoms with Gasteiger partial charge >= 0.3 is 0 Å². The molecule has 0 amide bonds. The first-order valence-corrected chi connectivity index (χ1v) is 23.7. The Kier molecular flexibility index (Phi) is 15.2. The summed E-state index contributed by atoms with van der Waals surface area (Å²) in [6.07, 6.45) is 13.6. The number of anilines is 4. The third-order valence-electron chi connectivity index (χ3n) is 12.2. The molecular formula is C66H56N2. The Bertz CT molecular complexity index is 3040. The number of para-hydroxylation sites is 2. The van der Waals surface area contributed by atoms with E-state index >= 15 is 0 Å². The first kappa shape index (κ1) is 44.7. The Hall–Kier alpha value is -8.46. The number of hydrogen-bond acceptors (Lipinski definition) is 2. The third kappa shape index (κ3) is 11.9. The van der Waals surface area contributed by atoms with E-state index in [2.05, 4.69) is 235 Å². The molecule has 0 aliphatic heterocycles. The fraction of sp³-hybridized carbons (Fsp3) is 0.0606. The van der Waals surface area contributed by atoms with Crippen LogP contribution >= 0.6 is 0 Å².